The van der Waals surface area contributed by atoms with Crippen molar-refractivity contribution < 1.29 is 0 Å². The molecule has 0 amide bonds. The number of allylic oxidation sites excluding steroid dienone is 6. The minimum Gasteiger partial charge on any atom is -0.102 e. The average molecular weight is 283 g/mol. The topological polar surface area (TPSA) is 0 Å². The van der Waals surface area contributed by atoms with Gasteiger partial charge in [0.2, 0.25) is 0 Å². The van der Waals surface area contributed by atoms with Gasteiger partial charge in [-0.05, 0) is 24.0 Å². The first kappa shape index (κ1) is 17.1. The largest absolute Gasteiger partial charge is 0.138 e. The predicted octanol–water partition coefficient (Wildman–Crippen LogP) is -4.06. The van der Waals surface area contributed by atoms with Gasteiger partial charge in [0, 0.05) is 5.41 Å². The van der Waals surface area contributed by atoms with Gasteiger partial charge in [-0.15, -0.1) is 16.4 Å². The van der Waals surface area contributed by atoms with Gasteiger partial charge in [0.1, 0.15) is 39.2 Å². The maximum Gasteiger partial charge on any atom is 0.138 e. The second-order valence-electron chi connectivity index (χ2n) is 7.30. The van der Waals surface area contributed by atoms with E-state index < -0.39 is 0 Å². The molecular formula is C17H25B5. The number of rotatable bonds is 2. The Labute approximate surface area is 140 Å². The molecule has 0 N–H and O–H groups in total. The zero-order valence-corrected chi connectivity index (χ0v) is 15.5. The highest BCUT2D eigenvalue weighted by molar-refractivity contribution is 6.67. The lowest BCUT2D eigenvalue weighted by atomic mass is 9.56. The zero-order valence-electron chi connectivity index (χ0n) is 15.5. The van der Waals surface area contributed by atoms with Crippen molar-refractivity contribution in [2.75, 3.05) is 0 Å². The van der Waals surface area contributed by atoms with Crippen LogP contribution in [0.4, 0.5) is 0 Å². The molecule has 1 aromatic rings. The summed E-state index contributed by atoms with van der Waals surface area (Å²) in [5.41, 5.74) is 10.0. The maximum absolute atomic E-state index is 2.46. The van der Waals surface area contributed by atoms with Crippen molar-refractivity contribution >= 4 is 66.5 Å². The molecule has 0 nitrogen and oxygen atoms in total. The highest BCUT2D eigenvalue weighted by Gasteiger charge is 2.27. The van der Waals surface area contributed by atoms with Gasteiger partial charge in [0.25, 0.3) is 0 Å². The van der Waals surface area contributed by atoms with E-state index in [1.165, 1.54) is 38.5 Å². The third kappa shape index (κ3) is 2.83. The number of benzene rings is 1. The van der Waals surface area contributed by atoms with Crippen LogP contribution in [0.2, 0.25) is 0 Å². The van der Waals surface area contributed by atoms with Crippen molar-refractivity contribution in [3.8, 4) is 0 Å². The Hall–Kier alpha value is -1.24. The molecule has 0 saturated carbocycles. The van der Waals surface area contributed by atoms with Gasteiger partial charge in [-0.1, -0.05) is 55.2 Å². The Morgan fingerprint density at radius 1 is 0.818 bits per heavy atom. The summed E-state index contributed by atoms with van der Waals surface area (Å²) >= 11 is 0. The van der Waals surface area contributed by atoms with Gasteiger partial charge >= 0.3 is 0 Å². The Balaban J connectivity index is 2.77. The molecule has 0 radical (unpaired) electrons. The molecule has 0 aromatic heterocycles. The molecule has 0 aliphatic heterocycles. The van der Waals surface area contributed by atoms with E-state index in [-0.39, 0.29) is 5.41 Å². The molecule has 1 aromatic carbocycles. The van der Waals surface area contributed by atoms with Crippen molar-refractivity contribution in [1.82, 2.24) is 0 Å². The number of hydrogen-bond acceptors (Lipinski definition) is 0. The molecule has 0 bridgehead atoms. The second kappa shape index (κ2) is 6.10. The first-order valence-electron chi connectivity index (χ1n) is 8.35. The summed E-state index contributed by atoms with van der Waals surface area (Å²) in [6.45, 7) is 6.89. The Morgan fingerprint density at radius 3 is 1.82 bits per heavy atom. The molecule has 0 fully saturated rings. The number of hydrogen-bond donors (Lipinski definition) is 0. The zero-order chi connectivity index (χ0) is 16.7. The normalized spacial score (nSPS) is 21.0. The maximum atomic E-state index is 2.46. The van der Waals surface area contributed by atoms with Crippen LogP contribution in [0.3, 0.4) is 0 Å². The van der Waals surface area contributed by atoms with Gasteiger partial charge in [-0.25, -0.2) is 0 Å². The SMILES string of the molecule is Bc1c(B)c(B)c(C2(C)C=CC=CC(C(C)C)=C2)c(B)c1B. The fraction of sp³-hybridized carbons (Fsp3) is 0.294. The van der Waals surface area contributed by atoms with Crippen molar-refractivity contribution in [3.05, 3.63) is 41.5 Å². The van der Waals surface area contributed by atoms with Crippen molar-refractivity contribution in [1.29, 1.82) is 0 Å². The minimum atomic E-state index is -0.0412. The van der Waals surface area contributed by atoms with Gasteiger partial charge in [-0.2, -0.15) is 0 Å². The fourth-order valence-electron chi connectivity index (χ4n) is 3.69. The summed E-state index contributed by atoms with van der Waals surface area (Å²) in [4.78, 5) is 0. The molecule has 0 spiro atoms. The van der Waals surface area contributed by atoms with Crippen molar-refractivity contribution in [2.24, 2.45) is 5.92 Å². The summed E-state index contributed by atoms with van der Waals surface area (Å²) in [5.74, 6) is 0.545. The lowest BCUT2D eigenvalue weighted by molar-refractivity contribution is 0.725. The van der Waals surface area contributed by atoms with Crippen LogP contribution in [-0.4, -0.2) is 39.2 Å². The summed E-state index contributed by atoms with van der Waals surface area (Å²) in [7, 11) is 11.3. The summed E-state index contributed by atoms with van der Waals surface area (Å²) in [6.07, 6.45) is 11.4. The molecule has 1 atom stereocenters. The van der Waals surface area contributed by atoms with Crippen molar-refractivity contribution in [2.45, 2.75) is 26.2 Å². The molecule has 2 rings (SSSR count). The van der Waals surface area contributed by atoms with Gasteiger partial charge in [0.15, 0.2) is 0 Å². The smallest absolute Gasteiger partial charge is 0.102 e. The van der Waals surface area contributed by atoms with Crippen LogP contribution < -0.4 is 27.3 Å². The van der Waals surface area contributed by atoms with Gasteiger partial charge in [0.05, 0.1) is 0 Å². The standard InChI is InChI=1S/C17H25B5/c1-9(2)10-6-4-5-7-17(3,8-10)11-12(18)14(20)16(22)15(21)13(11)19/h4-9H,18-22H2,1-3H3. The fourth-order valence-corrected chi connectivity index (χ4v) is 3.69. The van der Waals surface area contributed by atoms with E-state index in [0.29, 0.717) is 5.92 Å². The molecule has 0 saturated heterocycles. The highest BCUT2D eigenvalue weighted by atomic mass is 14.3. The third-order valence-corrected chi connectivity index (χ3v) is 5.51. The average Bonchev–Trinajstić information content (AvgIpc) is 2.66. The van der Waals surface area contributed by atoms with Gasteiger partial charge < -0.3 is 0 Å². The summed E-state index contributed by atoms with van der Waals surface area (Å²) in [5, 5.41) is 0. The lowest BCUT2D eigenvalue weighted by Crippen LogP contribution is -2.58. The van der Waals surface area contributed by atoms with Crippen LogP contribution in [0.1, 0.15) is 26.3 Å². The van der Waals surface area contributed by atoms with Crippen LogP contribution in [0.15, 0.2) is 36.0 Å². The quantitative estimate of drug-likeness (QED) is 0.485. The monoisotopic (exact) mass is 284 g/mol. The molecule has 0 heterocycles. The van der Waals surface area contributed by atoms with E-state index >= 15 is 0 Å². The predicted molar refractivity (Wildman–Crippen MR) is 116 cm³/mol. The Bertz CT molecular complexity index is 668. The lowest BCUT2D eigenvalue weighted by Gasteiger charge is -2.32. The highest BCUT2D eigenvalue weighted by Crippen LogP contribution is 2.29. The van der Waals surface area contributed by atoms with E-state index in [0.717, 1.165) is 0 Å². The first-order valence-corrected chi connectivity index (χ1v) is 8.35. The van der Waals surface area contributed by atoms with Crippen LogP contribution in [0.25, 0.3) is 0 Å². The Morgan fingerprint density at radius 2 is 1.32 bits per heavy atom. The molecule has 1 unspecified atom stereocenters. The summed E-state index contributed by atoms with van der Waals surface area (Å²) < 4.78 is 0. The minimum absolute atomic E-state index is 0.0412. The van der Waals surface area contributed by atoms with Crippen molar-refractivity contribution in [3.63, 3.8) is 0 Å². The van der Waals surface area contributed by atoms with Crippen LogP contribution in [0, 0.1) is 5.92 Å². The molecule has 1 aliphatic rings. The van der Waals surface area contributed by atoms with E-state index in [1.54, 1.807) is 0 Å². The molecule has 1 aliphatic carbocycles. The van der Waals surface area contributed by atoms with E-state index in [9.17, 15) is 0 Å². The van der Waals surface area contributed by atoms with Crippen LogP contribution in [-0.2, 0) is 5.41 Å². The molecule has 108 valence electrons. The van der Waals surface area contributed by atoms with Crippen LogP contribution in [0.5, 0.6) is 0 Å². The third-order valence-electron chi connectivity index (χ3n) is 5.51. The van der Waals surface area contributed by atoms with Crippen LogP contribution >= 0.6 is 0 Å². The van der Waals surface area contributed by atoms with E-state index in [2.05, 4.69) is 90.4 Å². The van der Waals surface area contributed by atoms with E-state index in [1.807, 2.05) is 0 Å². The second-order valence-corrected chi connectivity index (χ2v) is 7.30. The van der Waals surface area contributed by atoms with Gasteiger partial charge in [-0.3, -0.25) is 0 Å². The molecule has 22 heavy (non-hydrogen) atoms. The first-order chi connectivity index (χ1) is 10.2. The molecule has 5 heteroatoms. The Kier molecular flexibility index (Phi) is 4.75. The van der Waals surface area contributed by atoms with E-state index in [4.69, 9.17) is 0 Å². The summed E-state index contributed by atoms with van der Waals surface area (Å²) in [6, 6.07) is 0. The molecular weight excluding hydrogens is 258 g/mol.